The topological polar surface area (TPSA) is 67.0 Å². The van der Waals surface area contributed by atoms with Crippen LogP contribution in [0.15, 0.2) is 12.4 Å². The highest BCUT2D eigenvalue weighted by molar-refractivity contribution is 5.68. The lowest BCUT2D eigenvalue weighted by molar-refractivity contribution is 0.0458. The Morgan fingerprint density at radius 3 is 2.33 bits per heavy atom. The molecule has 0 aromatic carbocycles. The van der Waals surface area contributed by atoms with E-state index in [9.17, 15) is 4.79 Å². The van der Waals surface area contributed by atoms with Gasteiger partial charge in [-0.05, 0) is 26.2 Å². The predicted octanol–water partition coefficient (Wildman–Crippen LogP) is 3.02. The first-order chi connectivity index (χ1) is 8.09. The Morgan fingerprint density at radius 1 is 1.33 bits per heavy atom. The van der Waals surface area contributed by atoms with E-state index in [0.29, 0.717) is 0 Å². The molecule has 0 aliphatic carbocycles. The van der Waals surface area contributed by atoms with Gasteiger partial charge in [0.2, 0.25) is 0 Å². The third kappa shape index (κ3) is 4.39. The van der Waals surface area contributed by atoms with E-state index in [2.05, 4.69) is 15.3 Å². The molecule has 1 rings (SSSR count). The minimum Gasteiger partial charge on any atom is -0.444 e. The molecule has 1 unspecified atom stereocenters. The molecule has 0 aliphatic rings. The Kier molecular flexibility index (Phi) is 4.04. The number of hydrogen-bond acceptors (Lipinski definition) is 3. The van der Waals surface area contributed by atoms with Crippen molar-refractivity contribution in [2.24, 2.45) is 5.41 Å². The third-order valence-electron chi connectivity index (χ3n) is 2.32. The van der Waals surface area contributed by atoms with E-state index >= 15 is 0 Å². The number of H-pyrrole nitrogens is 1. The average molecular weight is 253 g/mol. The zero-order chi connectivity index (χ0) is 14.0. The number of ether oxygens (including phenoxy) is 1. The zero-order valence-corrected chi connectivity index (χ0v) is 12.0. The highest BCUT2D eigenvalue weighted by Gasteiger charge is 2.31. The molecule has 0 aliphatic heterocycles. The Labute approximate surface area is 108 Å². The van der Waals surface area contributed by atoms with Gasteiger partial charge in [-0.15, -0.1) is 0 Å². The number of nitrogens with one attached hydrogen (secondary N) is 2. The van der Waals surface area contributed by atoms with Crippen LogP contribution in [0.2, 0.25) is 0 Å². The summed E-state index contributed by atoms with van der Waals surface area (Å²) in [6.07, 6.45) is 2.98. The standard InChI is InChI=1S/C13H23N3O2/c1-12(2,3)9(10-14-7-8-15-10)16-11(17)18-13(4,5)6/h7-9H,1-6H3,(H,14,15)(H,16,17). The smallest absolute Gasteiger partial charge is 0.408 e. The minimum absolute atomic E-state index is 0.158. The second-order valence-electron chi connectivity index (χ2n) is 6.42. The summed E-state index contributed by atoms with van der Waals surface area (Å²) in [5.74, 6) is 0.730. The number of rotatable bonds is 2. The van der Waals surface area contributed by atoms with Gasteiger partial charge in [-0.25, -0.2) is 9.78 Å². The van der Waals surface area contributed by atoms with Gasteiger partial charge >= 0.3 is 6.09 Å². The number of aromatic nitrogens is 2. The van der Waals surface area contributed by atoms with E-state index in [1.54, 1.807) is 12.4 Å². The van der Waals surface area contributed by atoms with Crippen molar-refractivity contribution in [2.45, 2.75) is 53.2 Å². The molecular formula is C13H23N3O2. The molecule has 1 aromatic rings. The molecule has 5 nitrogen and oxygen atoms in total. The largest absolute Gasteiger partial charge is 0.444 e. The van der Waals surface area contributed by atoms with Gasteiger partial charge in [0, 0.05) is 12.4 Å². The number of aromatic amines is 1. The highest BCUT2D eigenvalue weighted by atomic mass is 16.6. The van der Waals surface area contributed by atoms with Crippen molar-refractivity contribution in [3.63, 3.8) is 0 Å². The molecule has 2 N–H and O–H groups in total. The number of carbonyl (C=O) groups excluding carboxylic acids is 1. The number of hydrogen-bond donors (Lipinski definition) is 2. The molecule has 0 saturated carbocycles. The van der Waals surface area contributed by atoms with Gasteiger partial charge < -0.3 is 15.0 Å². The van der Waals surface area contributed by atoms with Crippen LogP contribution in [0.25, 0.3) is 0 Å². The van der Waals surface area contributed by atoms with Crippen LogP contribution in [-0.2, 0) is 4.74 Å². The fourth-order valence-electron chi connectivity index (χ4n) is 1.56. The first-order valence-electron chi connectivity index (χ1n) is 6.08. The average Bonchev–Trinajstić information content (AvgIpc) is 2.61. The molecule has 0 bridgehead atoms. The molecule has 0 radical (unpaired) electrons. The number of alkyl carbamates (subject to hydrolysis) is 1. The number of carbonyl (C=O) groups is 1. The van der Waals surface area contributed by atoms with E-state index < -0.39 is 11.7 Å². The van der Waals surface area contributed by atoms with Crippen LogP contribution in [0.1, 0.15) is 53.4 Å². The Bertz CT molecular complexity index is 385. The van der Waals surface area contributed by atoms with Crippen LogP contribution in [-0.4, -0.2) is 21.7 Å². The monoisotopic (exact) mass is 253 g/mol. The Balaban J connectivity index is 2.79. The van der Waals surface area contributed by atoms with Crippen LogP contribution in [0.5, 0.6) is 0 Å². The molecule has 0 fully saturated rings. The SMILES string of the molecule is CC(C)(C)OC(=O)NC(c1ncc[nH]1)C(C)(C)C. The van der Waals surface area contributed by atoms with Gasteiger partial charge in [-0.3, -0.25) is 0 Å². The summed E-state index contributed by atoms with van der Waals surface area (Å²) in [7, 11) is 0. The lowest BCUT2D eigenvalue weighted by Gasteiger charge is -2.31. The molecular weight excluding hydrogens is 230 g/mol. The van der Waals surface area contributed by atoms with Crippen molar-refractivity contribution in [3.8, 4) is 0 Å². The summed E-state index contributed by atoms with van der Waals surface area (Å²) in [6, 6.07) is -0.220. The van der Waals surface area contributed by atoms with Gasteiger partial charge in [0.25, 0.3) is 0 Å². The van der Waals surface area contributed by atoms with E-state index in [1.807, 2.05) is 41.5 Å². The zero-order valence-electron chi connectivity index (χ0n) is 12.0. The first-order valence-corrected chi connectivity index (χ1v) is 6.08. The fraction of sp³-hybridized carbons (Fsp3) is 0.692. The fourth-order valence-corrected chi connectivity index (χ4v) is 1.56. The number of imidazole rings is 1. The quantitative estimate of drug-likeness (QED) is 0.851. The lowest BCUT2D eigenvalue weighted by atomic mass is 9.86. The van der Waals surface area contributed by atoms with Crippen molar-refractivity contribution in [2.75, 3.05) is 0 Å². The van der Waals surface area contributed by atoms with Gasteiger partial charge in [0.15, 0.2) is 0 Å². The lowest BCUT2D eigenvalue weighted by Crippen LogP contribution is -2.40. The molecule has 1 heterocycles. The molecule has 1 amide bonds. The molecule has 18 heavy (non-hydrogen) atoms. The van der Waals surface area contributed by atoms with Crippen molar-refractivity contribution in [1.82, 2.24) is 15.3 Å². The van der Waals surface area contributed by atoms with Crippen LogP contribution in [0.4, 0.5) is 4.79 Å². The summed E-state index contributed by atoms with van der Waals surface area (Å²) < 4.78 is 5.27. The van der Waals surface area contributed by atoms with Crippen LogP contribution in [0.3, 0.4) is 0 Å². The van der Waals surface area contributed by atoms with Crippen LogP contribution in [0, 0.1) is 5.41 Å². The highest BCUT2D eigenvalue weighted by Crippen LogP contribution is 2.30. The second-order valence-corrected chi connectivity index (χ2v) is 6.42. The van der Waals surface area contributed by atoms with Crippen molar-refractivity contribution in [3.05, 3.63) is 18.2 Å². The molecule has 0 spiro atoms. The molecule has 1 atom stereocenters. The third-order valence-corrected chi connectivity index (χ3v) is 2.32. The van der Waals surface area contributed by atoms with Gasteiger partial charge in [-0.2, -0.15) is 0 Å². The maximum Gasteiger partial charge on any atom is 0.408 e. The molecule has 1 aromatic heterocycles. The summed E-state index contributed by atoms with van der Waals surface area (Å²) >= 11 is 0. The van der Waals surface area contributed by atoms with Crippen LogP contribution >= 0.6 is 0 Å². The minimum atomic E-state index is -0.504. The Hall–Kier alpha value is -1.52. The molecule has 102 valence electrons. The van der Waals surface area contributed by atoms with E-state index in [0.717, 1.165) is 5.82 Å². The maximum atomic E-state index is 11.8. The molecule has 0 saturated heterocycles. The normalized spacial score (nSPS) is 14.1. The Morgan fingerprint density at radius 2 is 1.94 bits per heavy atom. The van der Waals surface area contributed by atoms with Crippen molar-refractivity contribution in [1.29, 1.82) is 0 Å². The number of amides is 1. The van der Waals surface area contributed by atoms with Crippen molar-refractivity contribution < 1.29 is 9.53 Å². The first kappa shape index (κ1) is 14.5. The van der Waals surface area contributed by atoms with E-state index in [4.69, 9.17) is 4.74 Å². The van der Waals surface area contributed by atoms with E-state index in [-0.39, 0.29) is 11.5 Å². The second kappa shape index (κ2) is 5.00. The van der Waals surface area contributed by atoms with Gasteiger partial charge in [-0.1, -0.05) is 20.8 Å². The number of nitrogens with zero attached hydrogens (tertiary/aromatic N) is 1. The van der Waals surface area contributed by atoms with Gasteiger partial charge in [0.05, 0.1) is 6.04 Å². The van der Waals surface area contributed by atoms with Gasteiger partial charge in [0.1, 0.15) is 11.4 Å². The predicted molar refractivity (Wildman–Crippen MR) is 70.2 cm³/mol. The summed E-state index contributed by atoms with van der Waals surface area (Å²) in [5, 5.41) is 2.86. The van der Waals surface area contributed by atoms with Crippen LogP contribution < -0.4 is 5.32 Å². The summed E-state index contributed by atoms with van der Waals surface area (Å²) in [6.45, 7) is 11.6. The summed E-state index contributed by atoms with van der Waals surface area (Å²) in [5.41, 5.74) is -0.662. The van der Waals surface area contributed by atoms with Crippen molar-refractivity contribution >= 4 is 6.09 Å². The van der Waals surface area contributed by atoms with E-state index in [1.165, 1.54) is 0 Å². The maximum absolute atomic E-state index is 11.8. The summed E-state index contributed by atoms with van der Waals surface area (Å²) in [4.78, 5) is 19.1. The molecule has 5 heteroatoms.